The molecule has 2 nitrogen and oxygen atoms in total. The van der Waals surface area contributed by atoms with Gasteiger partial charge in [-0.05, 0) is 57.6 Å². The zero-order valence-corrected chi connectivity index (χ0v) is 15.5. The van der Waals surface area contributed by atoms with Gasteiger partial charge in [0.15, 0.2) is 0 Å². The van der Waals surface area contributed by atoms with Crippen LogP contribution in [0.1, 0.15) is 5.56 Å². The number of hydrogen-bond donors (Lipinski definition) is 0. The Morgan fingerprint density at radius 1 is 0.621 bits per heavy atom. The molecule has 0 aliphatic rings. The largest absolute Gasteiger partial charge is 0.455 e. The Bertz CT molecular complexity index is 1620. The number of nitrogens with zero attached hydrogens (tertiary/aromatic N) is 1. The third kappa shape index (κ3) is 2.35. The number of para-hydroxylation sites is 1. The second kappa shape index (κ2) is 5.95. The summed E-state index contributed by atoms with van der Waals surface area (Å²) in [6.07, 6.45) is 0. The van der Waals surface area contributed by atoms with E-state index in [-0.39, 0.29) is 0 Å². The monoisotopic (exact) mass is 369 g/mol. The molecule has 5 aromatic carbocycles. The summed E-state index contributed by atoms with van der Waals surface area (Å²) < 4.78 is 6.22. The summed E-state index contributed by atoms with van der Waals surface area (Å²) in [5.74, 6) is 0. The Labute approximate surface area is 167 Å². The number of rotatable bonds is 1. The van der Waals surface area contributed by atoms with Gasteiger partial charge in [0.25, 0.3) is 0 Å². The van der Waals surface area contributed by atoms with E-state index in [0.717, 1.165) is 43.7 Å². The van der Waals surface area contributed by atoms with Crippen LogP contribution in [0.15, 0.2) is 95.4 Å². The molecular weight excluding hydrogens is 354 g/mol. The van der Waals surface area contributed by atoms with Crippen LogP contribution in [0.3, 0.4) is 0 Å². The molecule has 1 aromatic heterocycles. The summed E-state index contributed by atoms with van der Waals surface area (Å²) in [6, 6.07) is 33.3. The van der Waals surface area contributed by atoms with Gasteiger partial charge in [-0.15, -0.1) is 0 Å². The maximum absolute atomic E-state index is 9.16. The SMILES string of the molecule is N#Cc1ccc2cc(-c3cc4c5ccccc5oc4c4ccccc34)ccc2c1. The van der Waals surface area contributed by atoms with Crippen molar-refractivity contribution in [2.75, 3.05) is 0 Å². The Hall–Kier alpha value is -4.09. The van der Waals surface area contributed by atoms with Crippen molar-refractivity contribution >= 4 is 43.5 Å². The molecule has 0 N–H and O–H groups in total. The van der Waals surface area contributed by atoms with Crippen LogP contribution >= 0.6 is 0 Å². The van der Waals surface area contributed by atoms with Gasteiger partial charge < -0.3 is 4.42 Å². The standard InChI is InChI=1S/C27H15NO/c28-16-17-9-10-19-14-20(12-11-18(19)13-17)24-15-25-22-6-3-4-8-26(22)29-27(25)23-7-2-1-5-21(23)24/h1-15H. The number of hydrogen-bond acceptors (Lipinski definition) is 2. The molecule has 2 heteroatoms. The molecule has 0 spiro atoms. The highest BCUT2D eigenvalue weighted by atomic mass is 16.3. The fraction of sp³-hybridized carbons (Fsp3) is 0. The van der Waals surface area contributed by atoms with Gasteiger partial charge >= 0.3 is 0 Å². The highest BCUT2D eigenvalue weighted by molar-refractivity contribution is 6.19. The molecule has 0 bridgehead atoms. The van der Waals surface area contributed by atoms with E-state index in [9.17, 15) is 0 Å². The second-order valence-corrected chi connectivity index (χ2v) is 7.33. The molecule has 0 radical (unpaired) electrons. The number of nitriles is 1. The smallest absolute Gasteiger partial charge is 0.143 e. The van der Waals surface area contributed by atoms with Crippen molar-refractivity contribution in [3.63, 3.8) is 0 Å². The van der Waals surface area contributed by atoms with Crippen LogP contribution in [-0.2, 0) is 0 Å². The maximum Gasteiger partial charge on any atom is 0.143 e. The summed E-state index contributed by atoms with van der Waals surface area (Å²) in [4.78, 5) is 0. The zero-order valence-electron chi connectivity index (χ0n) is 15.5. The van der Waals surface area contributed by atoms with Gasteiger partial charge in [-0.3, -0.25) is 0 Å². The van der Waals surface area contributed by atoms with Crippen molar-refractivity contribution in [3.8, 4) is 17.2 Å². The van der Waals surface area contributed by atoms with Crippen molar-refractivity contribution in [1.82, 2.24) is 0 Å². The van der Waals surface area contributed by atoms with Crippen molar-refractivity contribution in [1.29, 1.82) is 5.26 Å². The third-order valence-corrected chi connectivity index (χ3v) is 5.66. The predicted molar refractivity (Wildman–Crippen MR) is 119 cm³/mol. The Morgan fingerprint density at radius 2 is 1.34 bits per heavy atom. The van der Waals surface area contributed by atoms with Gasteiger partial charge in [-0.25, -0.2) is 0 Å². The first kappa shape index (κ1) is 15.9. The predicted octanol–water partition coefficient (Wildman–Crippen LogP) is 7.43. The first-order valence-corrected chi connectivity index (χ1v) is 9.59. The van der Waals surface area contributed by atoms with Gasteiger partial charge in [0, 0.05) is 16.2 Å². The van der Waals surface area contributed by atoms with Crippen molar-refractivity contribution < 1.29 is 4.42 Å². The lowest BCUT2D eigenvalue weighted by Crippen LogP contribution is -1.84. The molecule has 0 amide bonds. The molecule has 0 unspecified atom stereocenters. The van der Waals surface area contributed by atoms with Crippen molar-refractivity contribution in [3.05, 3.63) is 96.6 Å². The van der Waals surface area contributed by atoms with E-state index in [4.69, 9.17) is 9.68 Å². The second-order valence-electron chi connectivity index (χ2n) is 7.33. The van der Waals surface area contributed by atoms with Crippen molar-refractivity contribution in [2.45, 2.75) is 0 Å². The average molecular weight is 369 g/mol. The lowest BCUT2D eigenvalue weighted by atomic mass is 9.94. The van der Waals surface area contributed by atoms with E-state index in [0.29, 0.717) is 5.56 Å². The fourth-order valence-corrected chi connectivity index (χ4v) is 4.27. The van der Waals surface area contributed by atoms with Gasteiger partial charge in [-0.1, -0.05) is 60.7 Å². The Kier molecular flexibility index (Phi) is 3.27. The summed E-state index contributed by atoms with van der Waals surface area (Å²) in [7, 11) is 0. The Balaban J connectivity index is 1.71. The van der Waals surface area contributed by atoms with E-state index in [1.54, 1.807) is 0 Å². The van der Waals surface area contributed by atoms with Crippen LogP contribution < -0.4 is 0 Å². The fourth-order valence-electron chi connectivity index (χ4n) is 4.27. The minimum atomic E-state index is 0.682. The zero-order chi connectivity index (χ0) is 19.4. The van der Waals surface area contributed by atoms with Gasteiger partial charge in [0.05, 0.1) is 11.6 Å². The van der Waals surface area contributed by atoms with Crippen LogP contribution in [0.5, 0.6) is 0 Å². The van der Waals surface area contributed by atoms with E-state index in [1.165, 1.54) is 10.9 Å². The van der Waals surface area contributed by atoms with Crippen LogP contribution in [0, 0.1) is 11.3 Å². The molecule has 0 fully saturated rings. The van der Waals surface area contributed by atoms with E-state index >= 15 is 0 Å². The number of furan rings is 1. The molecule has 0 saturated carbocycles. The topological polar surface area (TPSA) is 36.9 Å². The molecule has 0 aliphatic heterocycles. The summed E-state index contributed by atoms with van der Waals surface area (Å²) in [5.41, 5.74) is 4.87. The molecule has 1 heterocycles. The molecular formula is C27H15NO. The summed E-state index contributed by atoms with van der Waals surface area (Å²) >= 11 is 0. The lowest BCUT2D eigenvalue weighted by Gasteiger charge is -2.10. The van der Waals surface area contributed by atoms with Crippen LogP contribution in [0.4, 0.5) is 0 Å². The summed E-state index contributed by atoms with van der Waals surface area (Å²) in [6.45, 7) is 0. The molecule has 134 valence electrons. The lowest BCUT2D eigenvalue weighted by molar-refractivity contribution is 0.672. The minimum absolute atomic E-state index is 0.682. The molecule has 6 rings (SSSR count). The first-order valence-electron chi connectivity index (χ1n) is 9.59. The molecule has 6 aromatic rings. The number of benzene rings is 5. The highest BCUT2D eigenvalue weighted by Crippen LogP contribution is 2.40. The number of fused-ring (bicyclic) bond motifs is 6. The third-order valence-electron chi connectivity index (χ3n) is 5.66. The highest BCUT2D eigenvalue weighted by Gasteiger charge is 2.14. The Morgan fingerprint density at radius 3 is 2.21 bits per heavy atom. The molecule has 0 aliphatic carbocycles. The normalized spacial score (nSPS) is 11.4. The van der Waals surface area contributed by atoms with Crippen LogP contribution in [0.25, 0.3) is 54.6 Å². The molecule has 29 heavy (non-hydrogen) atoms. The van der Waals surface area contributed by atoms with Crippen molar-refractivity contribution in [2.24, 2.45) is 0 Å². The molecule has 0 atom stereocenters. The van der Waals surface area contributed by atoms with Gasteiger partial charge in [-0.2, -0.15) is 5.26 Å². The maximum atomic E-state index is 9.16. The minimum Gasteiger partial charge on any atom is -0.455 e. The van der Waals surface area contributed by atoms with E-state index in [2.05, 4.69) is 66.7 Å². The van der Waals surface area contributed by atoms with Gasteiger partial charge in [0.1, 0.15) is 11.2 Å². The van der Waals surface area contributed by atoms with Crippen LogP contribution in [-0.4, -0.2) is 0 Å². The van der Waals surface area contributed by atoms with E-state index in [1.807, 2.05) is 30.3 Å². The van der Waals surface area contributed by atoms with E-state index < -0.39 is 0 Å². The van der Waals surface area contributed by atoms with Gasteiger partial charge in [0.2, 0.25) is 0 Å². The van der Waals surface area contributed by atoms with Crippen LogP contribution in [0.2, 0.25) is 0 Å². The molecule has 0 saturated heterocycles. The average Bonchev–Trinajstić information content (AvgIpc) is 3.17. The first-order chi connectivity index (χ1) is 14.3. The summed E-state index contributed by atoms with van der Waals surface area (Å²) in [5, 5.41) is 15.9. The quantitative estimate of drug-likeness (QED) is 0.302.